The summed E-state index contributed by atoms with van der Waals surface area (Å²) in [5.41, 5.74) is 3.01. The van der Waals surface area contributed by atoms with Crippen LogP contribution in [0, 0.1) is 0 Å². The number of ether oxygens (including phenoxy) is 2. The molecule has 0 spiro atoms. The topological polar surface area (TPSA) is 60.0 Å². The van der Waals surface area contributed by atoms with E-state index < -0.39 is 16.6 Å². The second kappa shape index (κ2) is 22.7. The van der Waals surface area contributed by atoms with Crippen LogP contribution in [0.25, 0.3) is 0 Å². The van der Waals surface area contributed by atoms with Crippen molar-refractivity contribution in [3.05, 3.63) is 65.5 Å². The van der Waals surface area contributed by atoms with E-state index in [2.05, 4.69) is 92.0 Å². The smallest absolute Gasteiger partial charge is 0.877 e. The first-order chi connectivity index (χ1) is 20.6. The Morgan fingerprint density at radius 2 is 1.18 bits per heavy atom. The number of hydrogen-bond donors (Lipinski definition) is 0. The van der Waals surface area contributed by atoms with Gasteiger partial charge in [-0.1, -0.05) is 85.5 Å². The number of rotatable bonds is 20. The number of hydrogen-bond acceptors (Lipinski definition) is 5. The van der Waals surface area contributed by atoms with Crippen LogP contribution < -0.4 is 5.11 Å². The van der Waals surface area contributed by atoms with Crippen molar-refractivity contribution in [2.24, 2.45) is 0 Å². The van der Waals surface area contributed by atoms with E-state index in [9.17, 15) is 5.11 Å². The fourth-order valence-electron chi connectivity index (χ4n) is 4.01. The van der Waals surface area contributed by atoms with Crippen molar-refractivity contribution in [2.75, 3.05) is 33.0 Å². The van der Waals surface area contributed by atoms with Crippen LogP contribution in [0.3, 0.4) is 0 Å². The fraction of sp³-hybridized carbons (Fsp3) is 0.703. The molecule has 2 rings (SSSR count). The molecule has 0 fully saturated rings. The van der Waals surface area contributed by atoms with Gasteiger partial charge in [0.1, 0.15) is 0 Å². The average Bonchev–Trinajstić information content (AvgIpc) is 3.62. The molecule has 0 atom stereocenters. The summed E-state index contributed by atoms with van der Waals surface area (Å²) in [6.45, 7) is 27.7. The maximum Gasteiger partial charge on any atom is 2.00 e. The summed E-state index contributed by atoms with van der Waals surface area (Å²) in [7, 11) is -3.12. The predicted molar refractivity (Wildman–Crippen MR) is 191 cm³/mol. The molecule has 8 heteroatoms. The summed E-state index contributed by atoms with van der Waals surface area (Å²) in [6.07, 6.45) is 15.9. The Morgan fingerprint density at radius 1 is 0.711 bits per heavy atom. The Kier molecular flexibility index (Phi) is 22.3. The van der Waals surface area contributed by atoms with Crippen molar-refractivity contribution in [1.29, 1.82) is 0 Å². The van der Waals surface area contributed by atoms with Gasteiger partial charge in [0.2, 0.25) is 0 Å². The van der Waals surface area contributed by atoms with Crippen LogP contribution >= 0.6 is 0 Å². The second-order valence-corrected chi connectivity index (χ2v) is 24.7. The molecule has 1 aliphatic rings. The van der Waals surface area contributed by atoms with Crippen LogP contribution in [0.1, 0.15) is 98.5 Å². The Hall–Kier alpha value is -0.837. The van der Waals surface area contributed by atoms with E-state index in [4.69, 9.17) is 18.3 Å². The van der Waals surface area contributed by atoms with E-state index >= 15 is 0 Å². The van der Waals surface area contributed by atoms with Crippen LogP contribution in [0.4, 0.5) is 0 Å². The minimum absolute atomic E-state index is 0. The molecule has 0 N–H and O–H groups in total. The molecule has 260 valence electrons. The zero-order valence-corrected chi connectivity index (χ0v) is 33.5. The Morgan fingerprint density at radius 3 is 1.60 bits per heavy atom. The van der Waals surface area contributed by atoms with Gasteiger partial charge < -0.3 is 23.4 Å². The van der Waals surface area contributed by atoms with Crippen molar-refractivity contribution in [3.8, 4) is 0 Å². The van der Waals surface area contributed by atoms with E-state index in [1.165, 1.54) is 37.7 Å². The summed E-state index contributed by atoms with van der Waals surface area (Å²) >= 11 is 0. The first-order valence-corrected chi connectivity index (χ1v) is 22.8. The molecule has 0 bridgehead atoms. The molecule has 0 unspecified atom stereocenters. The maximum atomic E-state index is 10.8. The standard InChI is InChI=1S/C19H34O3Si.C18H33O2Si.Fe/c1-19(2,3)23(4,5)22-14-9-7-6-8-13-21-16-18-12-10-11-17(18)15-20;1-18(2,3)21(4,5)20-15-11-7-6-10-14-19-16-17-12-8-9-13-17;/h10-12,15,20H,6-9,13-14,16H2,1-5H3;8-9,12-13H,6-7,10-11,14-16H2,1-5H3;/q;-1;+2/p-1. The molecule has 1 aromatic carbocycles. The SMILES string of the molecule is CC(C)(C)[Si](C)(C)OCCCCCCOCC1=CC=CC1=C[O-].CC(C)(C)[Si](C)(C)OCCCCCCOCc1ccc[cH-]1.[Fe+2]. The minimum Gasteiger partial charge on any atom is -0.877 e. The molecular weight excluding hydrogens is 636 g/mol. The van der Waals surface area contributed by atoms with Crippen LogP contribution in [-0.4, -0.2) is 49.7 Å². The van der Waals surface area contributed by atoms with Crippen molar-refractivity contribution in [3.63, 3.8) is 0 Å². The first kappa shape index (κ1) is 44.2. The van der Waals surface area contributed by atoms with Gasteiger partial charge in [0.25, 0.3) is 0 Å². The molecule has 0 aromatic heterocycles. The van der Waals surface area contributed by atoms with E-state index in [0.717, 1.165) is 69.7 Å². The fourth-order valence-corrected chi connectivity index (χ4v) is 6.18. The largest absolute Gasteiger partial charge is 2.00 e. The zero-order chi connectivity index (χ0) is 33.1. The third kappa shape index (κ3) is 18.9. The van der Waals surface area contributed by atoms with Crippen molar-refractivity contribution >= 4 is 16.6 Å². The monoisotopic (exact) mass is 702 g/mol. The van der Waals surface area contributed by atoms with Crippen molar-refractivity contribution < 1.29 is 40.5 Å². The Labute approximate surface area is 290 Å². The molecule has 0 aliphatic heterocycles. The van der Waals surface area contributed by atoms with E-state index in [1.807, 2.05) is 18.2 Å². The van der Waals surface area contributed by atoms with E-state index in [1.54, 1.807) is 0 Å². The molecule has 0 heterocycles. The summed E-state index contributed by atoms with van der Waals surface area (Å²) in [4.78, 5) is 0. The zero-order valence-electron chi connectivity index (χ0n) is 30.4. The maximum absolute atomic E-state index is 10.8. The quantitative estimate of drug-likeness (QED) is 0.0586. The van der Waals surface area contributed by atoms with Crippen LogP contribution in [-0.2, 0) is 42.0 Å². The van der Waals surface area contributed by atoms with Crippen molar-refractivity contribution in [1.82, 2.24) is 0 Å². The molecule has 1 aliphatic carbocycles. The Balaban J connectivity index is 0.000000845. The molecule has 0 saturated heterocycles. The van der Waals surface area contributed by atoms with Gasteiger partial charge in [0, 0.05) is 33.0 Å². The predicted octanol–water partition coefficient (Wildman–Crippen LogP) is 9.83. The minimum atomic E-state index is -1.58. The van der Waals surface area contributed by atoms with Crippen LogP contribution in [0.15, 0.2) is 59.9 Å². The van der Waals surface area contributed by atoms with Crippen LogP contribution in [0.5, 0.6) is 0 Å². The summed E-state index contributed by atoms with van der Waals surface area (Å²) < 4.78 is 23.7. The molecule has 1 aromatic rings. The van der Waals surface area contributed by atoms with Crippen LogP contribution in [0.2, 0.25) is 36.3 Å². The number of unbranched alkanes of at least 4 members (excludes halogenated alkanes) is 6. The van der Waals surface area contributed by atoms with Gasteiger partial charge in [-0.25, -0.2) is 12.1 Å². The van der Waals surface area contributed by atoms with E-state index in [-0.39, 0.29) is 17.1 Å². The van der Waals surface area contributed by atoms with Gasteiger partial charge in [0.15, 0.2) is 16.6 Å². The van der Waals surface area contributed by atoms with E-state index in [0.29, 0.717) is 16.7 Å². The van der Waals surface area contributed by atoms with Gasteiger partial charge in [0.05, 0.1) is 6.61 Å². The Bertz CT molecular complexity index is 970. The third-order valence-electron chi connectivity index (χ3n) is 9.23. The molecule has 0 amide bonds. The third-order valence-corrected chi connectivity index (χ3v) is 18.3. The molecule has 5 nitrogen and oxygen atoms in total. The van der Waals surface area contributed by atoms with Gasteiger partial charge in [-0.05, 0) is 73.1 Å². The summed E-state index contributed by atoms with van der Waals surface area (Å²) in [6, 6.07) is 8.33. The molecular formula is C37H66FeO5Si2. The van der Waals surface area contributed by atoms with Gasteiger partial charge in [-0.3, -0.25) is 0 Å². The molecule has 0 radical (unpaired) electrons. The second-order valence-electron chi connectivity index (χ2n) is 15.1. The molecule has 0 saturated carbocycles. The molecule has 45 heavy (non-hydrogen) atoms. The van der Waals surface area contributed by atoms with Gasteiger partial charge in [-0.15, -0.1) is 11.8 Å². The summed E-state index contributed by atoms with van der Waals surface area (Å²) in [5.74, 6) is 0. The number of allylic oxidation sites excluding steroid dienone is 3. The van der Waals surface area contributed by atoms with Gasteiger partial charge in [-0.2, -0.15) is 12.1 Å². The summed E-state index contributed by atoms with van der Waals surface area (Å²) in [5, 5.41) is 11.4. The first-order valence-electron chi connectivity index (χ1n) is 16.9. The van der Waals surface area contributed by atoms with Gasteiger partial charge >= 0.3 is 17.1 Å². The van der Waals surface area contributed by atoms with Crippen molar-refractivity contribution in [2.45, 2.75) is 136 Å². The normalized spacial score (nSPS) is 14.7. The average molecular weight is 703 g/mol.